The first kappa shape index (κ1) is 22.1. The van der Waals surface area contributed by atoms with E-state index in [1.165, 1.54) is 11.1 Å². The Hall–Kier alpha value is -2.15. The van der Waals surface area contributed by atoms with Crippen LogP contribution in [-0.4, -0.2) is 63.7 Å². The molecule has 2 fully saturated rings. The fourth-order valence-corrected chi connectivity index (χ4v) is 5.02. The minimum atomic E-state index is -0.493. The van der Waals surface area contributed by atoms with Crippen molar-refractivity contribution in [2.45, 2.75) is 58.3 Å². The Balaban J connectivity index is 1.45. The van der Waals surface area contributed by atoms with Gasteiger partial charge in [-0.3, -0.25) is 9.69 Å². The normalized spacial score (nSPS) is 22.6. The van der Waals surface area contributed by atoms with Crippen LogP contribution in [0.25, 0.3) is 0 Å². The number of carbonyl (C=O) groups excluding carboxylic acids is 1. The standard InChI is InChI=1S/C24H30ClN3O3/c1-14(29)13-31-22-7-6-21(15(2)16(22)3)17(4)27-11-20-9-19(27)12-28(20)24(30)18-5-8-23(25)26-10-18/h5-8,10,14,17,19-20,29H,9,11-13H2,1-4H3/t14-,17-,19-,20-/m0/s1. The van der Waals surface area contributed by atoms with Gasteiger partial charge in [0.15, 0.2) is 0 Å². The van der Waals surface area contributed by atoms with Gasteiger partial charge in [-0.05, 0) is 69.0 Å². The van der Waals surface area contributed by atoms with Crippen molar-refractivity contribution in [2.24, 2.45) is 0 Å². The van der Waals surface area contributed by atoms with Crippen molar-refractivity contribution in [1.82, 2.24) is 14.8 Å². The van der Waals surface area contributed by atoms with Gasteiger partial charge >= 0.3 is 0 Å². The number of aromatic nitrogens is 1. The Morgan fingerprint density at radius 3 is 2.58 bits per heavy atom. The van der Waals surface area contributed by atoms with Crippen LogP contribution in [-0.2, 0) is 0 Å². The van der Waals surface area contributed by atoms with Crippen molar-refractivity contribution in [3.63, 3.8) is 0 Å². The molecule has 0 aliphatic carbocycles. The smallest absolute Gasteiger partial charge is 0.255 e. The molecule has 4 atom stereocenters. The van der Waals surface area contributed by atoms with Crippen LogP contribution in [0.15, 0.2) is 30.5 Å². The van der Waals surface area contributed by atoms with E-state index in [-0.39, 0.29) is 24.6 Å². The lowest BCUT2D eigenvalue weighted by Crippen LogP contribution is -2.49. The van der Waals surface area contributed by atoms with Crippen LogP contribution < -0.4 is 4.74 Å². The average Bonchev–Trinajstić information content (AvgIpc) is 3.35. The van der Waals surface area contributed by atoms with Crippen LogP contribution >= 0.6 is 11.6 Å². The molecule has 0 spiro atoms. The van der Waals surface area contributed by atoms with Crippen molar-refractivity contribution in [2.75, 3.05) is 19.7 Å². The first-order chi connectivity index (χ1) is 14.8. The topological polar surface area (TPSA) is 65.9 Å². The first-order valence-electron chi connectivity index (χ1n) is 10.9. The summed E-state index contributed by atoms with van der Waals surface area (Å²) >= 11 is 5.85. The molecule has 1 amide bonds. The summed E-state index contributed by atoms with van der Waals surface area (Å²) < 4.78 is 5.76. The molecule has 6 nitrogen and oxygen atoms in total. The van der Waals surface area contributed by atoms with Gasteiger partial charge in [-0.2, -0.15) is 0 Å². The van der Waals surface area contributed by atoms with Gasteiger partial charge in [0.25, 0.3) is 5.91 Å². The van der Waals surface area contributed by atoms with E-state index in [0.29, 0.717) is 16.8 Å². The summed E-state index contributed by atoms with van der Waals surface area (Å²) in [6.45, 7) is 10.1. The van der Waals surface area contributed by atoms with Gasteiger partial charge < -0.3 is 14.7 Å². The maximum absolute atomic E-state index is 12.9. The monoisotopic (exact) mass is 443 g/mol. The SMILES string of the molecule is Cc1c(OC[C@H](C)O)ccc([C@H](C)N2C[C@@H]3C[C@H]2CN3C(=O)c2ccc(Cl)nc2)c1C. The molecule has 2 saturated heterocycles. The predicted molar refractivity (Wildman–Crippen MR) is 121 cm³/mol. The van der Waals surface area contributed by atoms with E-state index in [4.69, 9.17) is 16.3 Å². The summed E-state index contributed by atoms with van der Waals surface area (Å²) in [5, 5.41) is 9.89. The number of fused-ring (bicyclic) bond motifs is 2. The highest BCUT2D eigenvalue weighted by atomic mass is 35.5. The molecule has 2 bridgehead atoms. The lowest BCUT2D eigenvalue weighted by atomic mass is 9.96. The average molecular weight is 444 g/mol. The number of ether oxygens (including phenoxy) is 1. The molecule has 2 aliphatic rings. The van der Waals surface area contributed by atoms with Gasteiger partial charge in [0.05, 0.1) is 11.7 Å². The number of aliphatic hydroxyl groups excluding tert-OH is 1. The first-order valence-corrected chi connectivity index (χ1v) is 11.2. The van der Waals surface area contributed by atoms with Crippen molar-refractivity contribution in [3.05, 3.63) is 57.9 Å². The summed E-state index contributed by atoms with van der Waals surface area (Å²) in [6.07, 6.45) is 2.07. The number of likely N-dealkylation sites (tertiary alicyclic amines) is 2. The molecule has 1 N–H and O–H groups in total. The lowest BCUT2D eigenvalue weighted by molar-refractivity contribution is 0.0568. The molecule has 0 unspecified atom stereocenters. The molecule has 0 saturated carbocycles. The molecule has 166 valence electrons. The number of hydrogen-bond donors (Lipinski definition) is 1. The maximum atomic E-state index is 12.9. The fourth-order valence-electron chi connectivity index (χ4n) is 4.90. The number of rotatable bonds is 6. The molecule has 1 aromatic carbocycles. The zero-order valence-electron chi connectivity index (χ0n) is 18.5. The van der Waals surface area contributed by atoms with Crippen molar-refractivity contribution in [3.8, 4) is 5.75 Å². The van der Waals surface area contributed by atoms with Gasteiger partial charge in [-0.25, -0.2) is 4.98 Å². The minimum absolute atomic E-state index is 0.0376. The van der Waals surface area contributed by atoms with E-state index in [1.54, 1.807) is 25.3 Å². The third kappa shape index (κ3) is 4.29. The van der Waals surface area contributed by atoms with Gasteiger partial charge in [-0.15, -0.1) is 0 Å². The summed E-state index contributed by atoms with van der Waals surface area (Å²) in [6, 6.07) is 8.40. The highest BCUT2D eigenvalue weighted by molar-refractivity contribution is 6.29. The molecule has 0 radical (unpaired) electrons. The third-order valence-electron chi connectivity index (χ3n) is 6.73. The quantitative estimate of drug-likeness (QED) is 0.688. The second kappa shape index (κ2) is 8.77. The summed E-state index contributed by atoms with van der Waals surface area (Å²) in [5.41, 5.74) is 4.21. The van der Waals surface area contributed by atoms with Gasteiger partial charge in [-0.1, -0.05) is 17.7 Å². The Kier molecular flexibility index (Phi) is 6.24. The number of benzene rings is 1. The van der Waals surface area contributed by atoms with Crippen LogP contribution in [0.3, 0.4) is 0 Å². The Bertz CT molecular complexity index is 963. The number of nitrogens with zero attached hydrogens (tertiary/aromatic N) is 3. The highest BCUT2D eigenvalue weighted by Gasteiger charge is 2.47. The van der Waals surface area contributed by atoms with Crippen LogP contribution in [0.2, 0.25) is 5.15 Å². The minimum Gasteiger partial charge on any atom is -0.491 e. The Morgan fingerprint density at radius 1 is 1.19 bits per heavy atom. The van der Waals surface area contributed by atoms with E-state index in [2.05, 4.69) is 36.7 Å². The molecular weight excluding hydrogens is 414 g/mol. The number of aliphatic hydroxyl groups is 1. The number of hydrogen-bond acceptors (Lipinski definition) is 5. The molecular formula is C24H30ClN3O3. The molecule has 31 heavy (non-hydrogen) atoms. The second-order valence-electron chi connectivity index (χ2n) is 8.81. The molecule has 3 heterocycles. The molecule has 1 aromatic heterocycles. The van der Waals surface area contributed by atoms with Crippen LogP contribution in [0, 0.1) is 13.8 Å². The van der Waals surface area contributed by atoms with Crippen molar-refractivity contribution < 1.29 is 14.6 Å². The largest absolute Gasteiger partial charge is 0.491 e. The zero-order chi connectivity index (χ0) is 22.3. The lowest BCUT2D eigenvalue weighted by Gasteiger charge is -2.38. The molecule has 4 rings (SSSR count). The second-order valence-corrected chi connectivity index (χ2v) is 9.19. The Morgan fingerprint density at radius 2 is 1.97 bits per heavy atom. The summed E-state index contributed by atoms with van der Waals surface area (Å²) in [4.78, 5) is 21.5. The Labute approximate surface area is 188 Å². The number of piperazine rings is 1. The summed E-state index contributed by atoms with van der Waals surface area (Å²) in [7, 11) is 0. The maximum Gasteiger partial charge on any atom is 0.255 e. The molecule has 2 aliphatic heterocycles. The fraction of sp³-hybridized carbons (Fsp3) is 0.500. The molecule has 2 aromatic rings. The third-order valence-corrected chi connectivity index (χ3v) is 6.95. The molecule has 7 heteroatoms. The number of pyridine rings is 1. The van der Waals surface area contributed by atoms with E-state index in [1.807, 2.05) is 11.0 Å². The van der Waals surface area contributed by atoms with Crippen LogP contribution in [0.5, 0.6) is 5.75 Å². The van der Waals surface area contributed by atoms with Gasteiger partial charge in [0, 0.05) is 37.4 Å². The van der Waals surface area contributed by atoms with Crippen LogP contribution in [0.1, 0.15) is 53.4 Å². The van der Waals surface area contributed by atoms with Gasteiger partial charge in [0.1, 0.15) is 17.5 Å². The van der Waals surface area contributed by atoms with Crippen LogP contribution in [0.4, 0.5) is 0 Å². The van der Waals surface area contributed by atoms with E-state index in [0.717, 1.165) is 30.8 Å². The summed E-state index contributed by atoms with van der Waals surface area (Å²) in [5.74, 6) is 0.862. The highest BCUT2D eigenvalue weighted by Crippen LogP contribution is 2.39. The number of halogens is 1. The zero-order valence-corrected chi connectivity index (χ0v) is 19.3. The van der Waals surface area contributed by atoms with E-state index >= 15 is 0 Å². The number of amides is 1. The van der Waals surface area contributed by atoms with Gasteiger partial charge in [0.2, 0.25) is 0 Å². The number of carbonyl (C=O) groups is 1. The predicted octanol–water partition coefficient (Wildman–Crippen LogP) is 3.77. The van der Waals surface area contributed by atoms with E-state index in [9.17, 15) is 9.90 Å². The van der Waals surface area contributed by atoms with Crippen molar-refractivity contribution >= 4 is 17.5 Å². The van der Waals surface area contributed by atoms with Crippen molar-refractivity contribution in [1.29, 1.82) is 0 Å². The van der Waals surface area contributed by atoms with E-state index < -0.39 is 6.10 Å².